The maximum atomic E-state index is 12.4. The molecule has 2 aliphatic rings. The lowest BCUT2D eigenvalue weighted by molar-refractivity contribution is 0.194. The zero-order valence-electron chi connectivity index (χ0n) is 11.2. The van der Waals surface area contributed by atoms with Crippen LogP contribution in [0.1, 0.15) is 18.4 Å². The molecule has 1 saturated heterocycles. The first-order chi connectivity index (χ1) is 8.90. The van der Waals surface area contributed by atoms with Crippen molar-refractivity contribution >= 4 is 15.7 Å². The first-order valence-electron chi connectivity index (χ1n) is 6.52. The number of fused-ring (bicyclic) bond motifs is 1. The highest BCUT2D eigenvalue weighted by Gasteiger charge is 2.42. The molecule has 2 heterocycles. The van der Waals surface area contributed by atoms with Crippen LogP contribution < -0.4 is 10.0 Å². The van der Waals surface area contributed by atoms with Crippen LogP contribution in [0.25, 0.3) is 0 Å². The average molecular weight is 281 g/mol. The summed E-state index contributed by atoms with van der Waals surface area (Å²) < 4.78 is 27.7. The fourth-order valence-corrected chi connectivity index (χ4v) is 4.41. The third-order valence-electron chi connectivity index (χ3n) is 3.97. The van der Waals surface area contributed by atoms with Crippen LogP contribution in [-0.2, 0) is 10.0 Å². The Labute approximate surface area is 114 Å². The van der Waals surface area contributed by atoms with Crippen LogP contribution in [0.2, 0.25) is 0 Å². The van der Waals surface area contributed by atoms with Crippen molar-refractivity contribution in [3.63, 3.8) is 0 Å². The monoisotopic (exact) mass is 281 g/mol. The summed E-state index contributed by atoms with van der Waals surface area (Å²) in [5.74, 6) is 0. The average Bonchev–Trinajstić information content (AvgIpc) is 2.34. The SMILES string of the molecule is Cc1ccc2c(c1)S(=O)(=O)NC1(CCN(C)CC1)N2. The molecule has 0 unspecified atom stereocenters. The van der Waals surface area contributed by atoms with Crippen LogP contribution in [0, 0.1) is 6.92 Å². The molecule has 104 valence electrons. The van der Waals surface area contributed by atoms with Gasteiger partial charge in [0.25, 0.3) is 0 Å². The molecule has 0 atom stereocenters. The van der Waals surface area contributed by atoms with Gasteiger partial charge in [-0.2, -0.15) is 4.72 Å². The standard InChI is InChI=1S/C13H19N3O2S/c1-10-3-4-11-12(9-10)19(17,18)15-13(14-11)5-7-16(2)8-6-13/h3-4,9,14-15H,5-8H2,1-2H3. The van der Waals surface area contributed by atoms with E-state index in [0.717, 1.165) is 31.5 Å². The van der Waals surface area contributed by atoms with E-state index < -0.39 is 15.7 Å². The Kier molecular flexibility index (Phi) is 2.85. The molecule has 2 N–H and O–H groups in total. The molecule has 0 radical (unpaired) electrons. The van der Waals surface area contributed by atoms with Gasteiger partial charge in [0.15, 0.2) is 0 Å². The Morgan fingerprint density at radius 2 is 1.95 bits per heavy atom. The summed E-state index contributed by atoms with van der Waals surface area (Å²) in [4.78, 5) is 2.57. The first kappa shape index (κ1) is 12.9. The number of hydrogen-bond donors (Lipinski definition) is 2. The number of hydrogen-bond acceptors (Lipinski definition) is 4. The summed E-state index contributed by atoms with van der Waals surface area (Å²) >= 11 is 0. The number of likely N-dealkylation sites (tertiary alicyclic amines) is 1. The number of sulfonamides is 1. The van der Waals surface area contributed by atoms with Gasteiger partial charge in [-0.15, -0.1) is 0 Å². The number of nitrogens with one attached hydrogen (secondary N) is 2. The van der Waals surface area contributed by atoms with Crippen molar-refractivity contribution in [1.29, 1.82) is 0 Å². The van der Waals surface area contributed by atoms with E-state index >= 15 is 0 Å². The highest BCUT2D eigenvalue weighted by molar-refractivity contribution is 7.89. The second kappa shape index (κ2) is 4.19. The molecule has 1 fully saturated rings. The van der Waals surface area contributed by atoms with Gasteiger partial charge >= 0.3 is 0 Å². The highest BCUT2D eigenvalue weighted by atomic mass is 32.2. The minimum atomic E-state index is -3.42. The van der Waals surface area contributed by atoms with Crippen molar-refractivity contribution in [2.24, 2.45) is 0 Å². The summed E-state index contributed by atoms with van der Waals surface area (Å²) in [6.07, 6.45) is 1.55. The van der Waals surface area contributed by atoms with Crippen LogP contribution in [0.3, 0.4) is 0 Å². The summed E-state index contributed by atoms with van der Waals surface area (Å²) in [6.45, 7) is 3.67. The normalized spacial score (nSPS) is 24.7. The van der Waals surface area contributed by atoms with E-state index in [1.807, 2.05) is 19.1 Å². The Morgan fingerprint density at radius 1 is 1.26 bits per heavy atom. The van der Waals surface area contributed by atoms with Crippen molar-refractivity contribution < 1.29 is 8.42 Å². The third kappa shape index (κ3) is 2.24. The van der Waals surface area contributed by atoms with Gasteiger partial charge in [-0.25, -0.2) is 8.42 Å². The van der Waals surface area contributed by atoms with E-state index in [4.69, 9.17) is 0 Å². The van der Waals surface area contributed by atoms with Crippen LogP contribution in [0.5, 0.6) is 0 Å². The molecule has 0 bridgehead atoms. The van der Waals surface area contributed by atoms with Crippen molar-refractivity contribution in [2.45, 2.75) is 30.3 Å². The van der Waals surface area contributed by atoms with E-state index in [1.54, 1.807) is 6.07 Å². The summed E-state index contributed by atoms with van der Waals surface area (Å²) in [6, 6.07) is 5.52. The molecule has 1 aromatic carbocycles. The number of anilines is 1. The predicted octanol–water partition coefficient (Wildman–Crippen LogP) is 1.12. The fraction of sp³-hybridized carbons (Fsp3) is 0.538. The van der Waals surface area contributed by atoms with E-state index in [9.17, 15) is 8.42 Å². The zero-order valence-corrected chi connectivity index (χ0v) is 12.0. The Morgan fingerprint density at radius 3 is 2.63 bits per heavy atom. The number of rotatable bonds is 0. The molecule has 1 spiro atoms. The van der Waals surface area contributed by atoms with Gasteiger partial charge in [0.2, 0.25) is 10.0 Å². The van der Waals surface area contributed by atoms with Gasteiger partial charge in [0.1, 0.15) is 10.6 Å². The zero-order chi connectivity index (χ0) is 13.7. The molecule has 0 saturated carbocycles. The van der Waals surface area contributed by atoms with Gasteiger partial charge in [0.05, 0.1) is 5.69 Å². The third-order valence-corrected chi connectivity index (χ3v) is 5.55. The molecular formula is C13H19N3O2S. The van der Waals surface area contributed by atoms with Crippen LogP contribution in [-0.4, -0.2) is 39.1 Å². The van der Waals surface area contributed by atoms with E-state index in [-0.39, 0.29) is 0 Å². The first-order valence-corrected chi connectivity index (χ1v) is 8.00. The summed E-state index contributed by atoms with van der Waals surface area (Å²) in [5, 5.41) is 3.40. The summed E-state index contributed by atoms with van der Waals surface area (Å²) in [7, 11) is -1.36. The number of benzene rings is 1. The van der Waals surface area contributed by atoms with Crippen molar-refractivity contribution in [2.75, 3.05) is 25.5 Å². The van der Waals surface area contributed by atoms with Gasteiger partial charge in [-0.05, 0) is 44.5 Å². The van der Waals surface area contributed by atoms with Crippen LogP contribution >= 0.6 is 0 Å². The van der Waals surface area contributed by atoms with E-state index in [1.165, 1.54) is 0 Å². The quantitative estimate of drug-likeness (QED) is 0.748. The lowest BCUT2D eigenvalue weighted by Crippen LogP contribution is -2.61. The van der Waals surface area contributed by atoms with Crippen LogP contribution in [0.15, 0.2) is 23.1 Å². The molecular weight excluding hydrogens is 262 g/mol. The molecule has 1 aromatic rings. The molecule has 2 aliphatic heterocycles. The number of nitrogens with zero attached hydrogens (tertiary/aromatic N) is 1. The minimum absolute atomic E-state index is 0.358. The van der Waals surface area contributed by atoms with Crippen LogP contribution in [0.4, 0.5) is 5.69 Å². The van der Waals surface area contributed by atoms with Crippen molar-refractivity contribution in [1.82, 2.24) is 9.62 Å². The lowest BCUT2D eigenvalue weighted by atomic mass is 9.97. The minimum Gasteiger partial charge on any atom is -0.365 e. The van der Waals surface area contributed by atoms with Crippen molar-refractivity contribution in [3.05, 3.63) is 23.8 Å². The number of piperidine rings is 1. The van der Waals surface area contributed by atoms with Gasteiger partial charge in [-0.3, -0.25) is 0 Å². The van der Waals surface area contributed by atoms with E-state index in [0.29, 0.717) is 10.6 Å². The molecule has 6 heteroatoms. The molecule has 0 aliphatic carbocycles. The Bertz CT molecular complexity index is 604. The molecule has 0 amide bonds. The highest BCUT2D eigenvalue weighted by Crippen LogP contribution is 2.35. The fourth-order valence-electron chi connectivity index (χ4n) is 2.78. The van der Waals surface area contributed by atoms with Gasteiger partial charge < -0.3 is 10.2 Å². The number of aryl methyl sites for hydroxylation is 1. The van der Waals surface area contributed by atoms with Gasteiger partial charge in [0, 0.05) is 13.1 Å². The second-order valence-corrected chi connectivity index (χ2v) is 7.27. The summed E-state index contributed by atoms with van der Waals surface area (Å²) in [5.41, 5.74) is 1.15. The maximum absolute atomic E-state index is 12.4. The topological polar surface area (TPSA) is 61.4 Å². The molecule has 19 heavy (non-hydrogen) atoms. The lowest BCUT2D eigenvalue weighted by Gasteiger charge is -2.44. The largest absolute Gasteiger partial charge is 0.365 e. The van der Waals surface area contributed by atoms with Crippen molar-refractivity contribution in [3.8, 4) is 0 Å². The smallest absolute Gasteiger partial charge is 0.244 e. The maximum Gasteiger partial charge on any atom is 0.244 e. The van der Waals surface area contributed by atoms with E-state index in [2.05, 4.69) is 22.0 Å². The molecule has 5 nitrogen and oxygen atoms in total. The van der Waals surface area contributed by atoms with Gasteiger partial charge in [-0.1, -0.05) is 6.07 Å². The predicted molar refractivity (Wildman–Crippen MR) is 74.6 cm³/mol. The second-order valence-electron chi connectivity index (χ2n) is 5.62. The Hall–Kier alpha value is -1.11. The molecule has 3 rings (SSSR count). The Balaban J connectivity index is 2.02. The molecule has 0 aromatic heterocycles.